The van der Waals surface area contributed by atoms with Crippen molar-refractivity contribution in [3.05, 3.63) is 6.20 Å². The van der Waals surface area contributed by atoms with Gasteiger partial charge in [-0.25, -0.2) is 18.5 Å². The van der Waals surface area contributed by atoms with Gasteiger partial charge in [0.05, 0.1) is 6.20 Å². The average molecular weight is 233 g/mol. The van der Waals surface area contributed by atoms with E-state index in [1.54, 1.807) is 0 Å². The molecule has 3 N–H and O–H groups in total. The Morgan fingerprint density at radius 1 is 1.71 bits per heavy atom. The molecule has 1 saturated carbocycles. The van der Waals surface area contributed by atoms with Crippen LogP contribution in [0.2, 0.25) is 0 Å². The number of hydrogen-bond acceptors (Lipinski definition) is 5. The van der Waals surface area contributed by atoms with Gasteiger partial charge < -0.3 is 5.32 Å². The molecule has 1 aliphatic carbocycles. The van der Waals surface area contributed by atoms with Crippen LogP contribution in [-0.4, -0.2) is 19.4 Å². The number of anilines is 1. The van der Waals surface area contributed by atoms with Crippen molar-refractivity contribution in [2.75, 3.05) is 5.32 Å². The number of aromatic nitrogens is 1. The van der Waals surface area contributed by atoms with Gasteiger partial charge in [-0.15, -0.1) is 0 Å². The first-order valence-corrected chi connectivity index (χ1v) is 6.58. The van der Waals surface area contributed by atoms with Gasteiger partial charge in [-0.2, -0.15) is 0 Å². The van der Waals surface area contributed by atoms with Crippen molar-refractivity contribution in [3.8, 4) is 0 Å². The second kappa shape index (κ2) is 3.18. The molecular formula is C7H11N3O2S2. The van der Waals surface area contributed by atoms with Crippen LogP contribution in [0.1, 0.15) is 13.3 Å². The summed E-state index contributed by atoms with van der Waals surface area (Å²) in [6.07, 6.45) is 2.40. The van der Waals surface area contributed by atoms with E-state index < -0.39 is 10.0 Å². The molecule has 0 bridgehead atoms. The predicted octanol–water partition coefficient (Wildman–Crippen LogP) is 0.611. The molecule has 0 spiro atoms. The molecule has 78 valence electrons. The first-order valence-electron chi connectivity index (χ1n) is 4.22. The highest BCUT2D eigenvalue weighted by atomic mass is 32.2. The third-order valence-electron chi connectivity index (χ3n) is 2.18. The number of nitrogens with zero attached hydrogens (tertiary/aromatic N) is 1. The normalized spacial score (nSPS) is 26.1. The molecule has 2 unspecified atom stereocenters. The summed E-state index contributed by atoms with van der Waals surface area (Å²) in [6.45, 7) is 2.13. The zero-order valence-electron chi connectivity index (χ0n) is 7.60. The Morgan fingerprint density at radius 2 is 2.36 bits per heavy atom. The summed E-state index contributed by atoms with van der Waals surface area (Å²) in [5, 5.41) is 8.73. The summed E-state index contributed by atoms with van der Waals surface area (Å²) >= 11 is 1.07. The maximum absolute atomic E-state index is 10.9. The molecule has 0 aliphatic heterocycles. The summed E-state index contributed by atoms with van der Waals surface area (Å²) < 4.78 is 22.0. The van der Waals surface area contributed by atoms with Crippen LogP contribution in [0.15, 0.2) is 10.4 Å². The number of rotatable bonds is 3. The fourth-order valence-corrected chi connectivity index (χ4v) is 2.65. The third-order valence-corrected chi connectivity index (χ3v) is 4.52. The van der Waals surface area contributed by atoms with Crippen LogP contribution in [0, 0.1) is 5.92 Å². The van der Waals surface area contributed by atoms with Gasteiger partial charge >= 0.3 is 0 Å². The molecule has 0 radical (unpaired) electrons. The fraction of sp³-hybridized carbons (Fsp3) is 0.571. The Kier molecular flexibility index (Phi) is 2.24. The van der Waals surface area contributed by atoms with Crippen LogP contribution in [0.4, 0.5) is 5.13 Å². The number of nitrogens with two attached hydrogens (primary N) is 1. The fourth-order valence-electron chi connectivity index (χ4n) is 1.14. The van der Waals surface area contributed by atoms with Crippen LogP contribution in [-0.2, 0) is 10.0 Å². The molecule has 1 aromatic rings. The van der Waals surface area contributed by atoms with Gasteiger partial charge in [0.2, 0.25) is 10.0 Å². The second-order valence-electron chi connectivity index (χ2n) is 3.49. The van der Waals surface area contributed by atoms with Gasteiger partial charge in [0.1, 0.15) is 0 Å². The average Bonchev–Trinajstić information content (AvgIpc) is 2.60. The Balaban J connectivity index is 2.10. The van der Waals surface area contributed by atoms with Crippen molar-refractivity contribution < 1.29 is 8.42 Å². The first-order chi connectivity index (χ1) is 6.47. The molecule has 1 aromatic heterocycles. The highest BCUT2D eigenvalue weighted by Crippen LogP contribution is 2.34. The van der Waals surface area contributed by atoms with Crippen molar-refractivity contribution in [2.24, 2.45) is 11.1 Å². The summed E-state index contributed by atoms with van der Waals surface area (Å²) in [6, 6.07) is 0.439. The molecule has 1 aliphatic rings. The topological polar surface area (TPSA) is 85.1 Å². The highest BCUT2D eigenvalue weighted by molar-refractivity contribution is 7.91. The van der Waals surface area contributed by atoms with Gasteiger partial charge in [0, 0.05) is 6.04 Å². The van der Waals surface area contributed by atoms with Gasteiger partial charge in [0.25, 0.3) is 0 Å². The van der Waals surface area contributed by atoms with E-state index in [4.69, 9.17) is 5.14 Å². The van der Waals surface area contributed by atoms with Gasteiger partial charge in [-0.3, -0.25) is 0 Å². The predicted molar refractivity (Wildman–Crippen MR) is 54.7 cm³/mol. The Morgan fingerprint density at radius 3 is 2.79 bits per heavy atom. The summed E-state index contributed by atoms with van der Waals surface area (Å²) in [5.74, 6) is 0.650. The molecule has 5 nitrogen and oxygen atoms in total. The van der Waals surface area contributed by atoms with E-state index in [-0.39, 0.29) is 4.21 Å². The minimum Gasteiger partial charge on any atom is -0.358 e. The standard InChI is InChI=1S/C7H11N3O2S2/c1-4-2-5(4)10-7-9-3-6(13-7)14(8,11)12/h3-5H,2H2,1H3,(H,9,10)(H2,8,11,12). The Hall–Kier alpha value is -0.660. The molecule has 0 saturated heterocycles. The van der Waals surface area contributed by atoms with E-state index in [9.17, 15) is 8.42 Å². The van der Waals surface area contributed by atoms with Crippen LogP contribution in [0.25, 0.3) is 0 Å². The smallest absolute Gasteiger partial charge is 0.249 e. The number of hydrogen-bond donors (Lipinski definition) is 2. The van der Waals surface area contributed by atoms with Crippen molar-refractivity contribution in [1.82, 2.24) is 4.98 Å². The number of sulfonamides is 1. The zero-order chi connectivity index (χ0) is 10.3. The summed E-state index contributed by atoms with van der Waals surface area (Å²) in [7, 11) is -3.59. The number of primary sulfonamides is 1. The molecule has 7 heteroatoms. The van der Waals surface area contributed by atoms with Crippen LogP contribution in [0.5, 0.6) is 0 Å². The Labute approximate surface area is 86.4 Å². The zero-order valence-corrected chi connectivity index (χ0v) is 9.23. The molecule has 14 heavy (non-hydrogen) atoms. The van der Waals surface area contributed by atoms with E-state index >= 15 is 0 Å². The van der Waals surface area contributed by atoms with E-state index in [1.165, 1.54) is 6.20 Å². The highest BCUT2D eigenvalue weighted by Gasteiger charge is 2.33. The first kappa shape index (κ1) is 9.88. The van der Waals surface area contributed by atoms with Crippen LogP contribution >= 0.6 is 11.3 Å². The summed E-state index contributed by atoms with van der Waals surface area (Å²) in [4.78, 5) is 3.95. The summed E-state index contributed by atoms with van der Waals surface area (Å²) in [5.41, 5.74) is 0. The maximum atomic E-state index is 10.9. The molecule has 1 fully saturated rings. The quantitative estimate of drug-likeness (QED) is 0.801. The van der Waals surface area contributed by atoms with E-state index in [0.717, 1.165) is 17.8 Å². The van der Waals surface area contributed by atoms with Crippen LogP contribution < -0.4 is 10.5 Å². The molecule has 1 heterocycles. The molecule has 2 rings (SSSR count). The monoisotopic (exact) mass is 233 g/mol. The van der Waals surface area contributed by atoms with E-state index in [2.05, 4.69) is 17.2 Å². The van der Waals surface area contributed by atoms with Gasteiger partial charge in [-0.05, 0) is 12.3 Å². The minimum atomic E-state index is -3.59. The number of thiazole rings is 1. The van der Waals surface area contributed by atoms with Crippen molar-refractivity contribution >= 4 is 26.5 Å². The second-order valence-corrected chi connectivity index (χ2v) is 6.31. The van der Waals surface area contributed by atoms with Crippen molar-refractivity contribution in [3.63, 3.8) is 0 Å². The number of nitrogens with one attached hydrogen (secondary N) is 1. The molecular weight excluding hydrogens is 222 g/mol. The lowest BCUT2D eigenvalue weighted by Crippen LogP contribution is -2.09. The maximum Gasteiger partial charge on any atom is 0.249 e. The molecule has 2 atom stereocenters. The minimum absolute atomic E-state index is 0.105. The van der Waals surface area contributed by atoms with Gasteiger partial charge in [-0.1, -0.05) is 18.3 Å². The lowest BCUT2D eigenvalue weighted by atomic mass is 10.5. The molecule has 0 amide bonds. The largest absolute Gasteiger partial charge is 0.358 e. The van der Waals surface area contributed by atoms with Crippen molar-refractivity contribution in [2.45, 2.75) is 23.6 Å². The lowest BCUT2D eigenvalue weighted by molar-refractivity contribution is 0.599. The van der Waals surface area contributed by atoms with E-state index in [0.29, 0.717) is 17.1 Å². The van der Waals surface area contributed by atoms with Gasteiger partial charge in [0.15, 0.2) is 9.34 Å². The molecule has 0 aromatic carbocycles. The SMILES string of the molecule is CC1CC1Nc1ncc(S(N)(=O)=O)s1. The lowest BCUT2D eigenvalue weighted by Gasteiger charge is -1.97. The Bertz CT molecular complexity index is 440. The van der Waals surface area contributed by atoms with E-state index in [1.807, 2.05) is 0 Å². The third kappa shape index (κ3) is 2.05. The van der Waals surface area contributed by atoms with Crippen molar-refractivity contribution in [1.29, 1.82) is 0 Å². The van der Waals surface area contributed by atoms with Crippen LogP contribution in [0.3, 0.4) is 0 Å².